The van der Waals surface area contributed by atoms with Gasteiger partial charge >= 0.3 is 5.97 Å². The second kappa shape index (κ2) is 7.52. The summed E-state index contributed by atoms with van der Waals surface area (Å²) in [4.78, 5) is 44.1. The standard InChI is InChI=1S/C29H23NO4/c1-2-34-28(33)25-24(19-11-4-3-5-12-19)29(26(31)20-13-7-8-14-21(20)27(29)32)23-17-16-18-10-6-9-15-22(18)30(23)25/h3-17,23-25H,2H2,1H3/t23?,24-,25+/m0/s1. The van der Waals surface area contributed by atoms with Crippen LogP contribution in [0.1, 0.15) is 44.7 Å². The molecule has 1 fully saturated rings. The van der Waals surface area contributed by atoms with E-state index in [1.807, 2.05) is 71.6 Å². The molecule has 1 unspecified atom stereocenters. The van der Waals surface area contributed by atoms with Gasteiger partial charge in [0.1, 0.15) is 11.5 Å². The molecular formula is C29H23NO4. The molecule has 168 valence electrons. The van der Waals surface area contributed by atoms with Gasteiger partial charge in [-0.15, -0.1) is 0 Å². The van der Waals surface area contributed by atoms with Crippen molar-refractivity contribution in [1.29, 1.82) is 0 Å². The molecule has 5 nitrogen and oxygen atoms in total. The highest BCUT2D eigenvalue weighted by molar-refractivity contribution is 6.32. The average Bonchev–Trinajstić information content (AvgIpc) is 3.31. The average molecular weight is 450 g/mol. The van der Waals surface area contributed by atoms with Gasteiger partial charge in [0.15, 0.2) is 11.6 Å². The third-order valence-corrected chi connectivity index (χ3v) is 7.40. The summed E-state index contributed by atoms with van der Waals surface area (Å²) >= 11 is 0. The number of carbonyl (C=O) groups excluding carboxylic acids is 3. The number of carbonyl (C=O) groups is 3. The number of para-hydroxylation sites is 1. The quantitative estimate of drug-likeness (QED) is 0.429. The van der Waals surface area contributed by atoms with Crippen LogP contribution in [0.4, 0.5) is 5.69 Å². The van der Waals surface area contributed by atoms with Crippen LogP contribution in [0.15, 0.2) is 84.9 Å². The number of esters is 1. The van der Waals surface area contributed by atoms with Gasteiger partial charge in [0.25, 0.3) is 0 Å². The van der Waals surface area contributed by atoms with Gasteiger partial charge in [-0.05, 0) is 24.1 Å². The number of ketones is 2. The van der Waals surface area contributed by atoms with Crippen molar-refractivity contribution in [3.05, 3.63) is 107 Å². The molecule has 3 aromatic carbocycles. The third-order valence-electron chi connectivity index (χ3n) is 7.40. The van der Waals surface area contributed by atoms with E-state index in [-0.39, 0.29) is 18.2 Å². The summed E-state index contributed by atoms with van der Waals surface area (Å²) in [6.45, 7) is 1.98. The Morgan fingerprint density at radius 1 is 0.882 bits per heavy atom. The number of hydrogen-bond acceptors (Lipinski definition) is 5. The SMILES string of the molecule is CCOC(=O)[C@H]1[C@H](c2ccccc2)C2(C(=O)c3ccccc3C2=O)C2C=Cc3ccccc3N21. The Morgan fingerprint density at radius 2 is 1.50 bits per heavy atom. The van der Waals surface area contributed by atoms with Crippen molar-refractivity contribution in [3.63, 3.8) is 0 Å². The van der Waals surface area contributed by atoms with Crippen LogP contribution >= 0.6 is 0 Å². The molecule has 1 aliphatic carbocycles. The number of anilines is 1. The molecule has 34 heavy (non-hydrogen) atoms. The van der Waals surface area contributed by atoms with Crippen LogP contribution in [0, 0.1) is 5.41 Å². The highest BCUT2D eigenvalue weighted by Gasteiger charge is 2.71. The maximum absolute atomic E-state index is 14.3. The van der Waals surface area contributed by atoms with Gasteiger partial charge < -0.3 is 9.64 Å². The summed E-state index contributed by atoms with van der Waals surface area (Å²) in [7, 11) is 0. The largest absolute Gasteiger partial charge is 0.464 e. The molecule has 3 aromatic rings. The molecule has 0 N–H and O–H groups in total. The number of benzene rings is 3. The summed E-state index contributed by atoms with van der Waals surface area (Å²) in [5.74, 6) is -1.60. The van der Waals surface area contributed by atoms with Crippen molar-refractivity contribution in [3.8, 4) is 0 Å². The van der Waals surface area contributed by atoms with E-state index in [1.165, 1.54) is 0 Å². The lowest BCUT2D eigenvalue weighted by Gasteiger charge is -2.36. The van der Waals surface area contributed by atoms with Crippen molar-refractivity contribution in [1.82, 2.24) is 0 Å². The Labute approximate surface area is 197 Å². The Balaban J connectivity index is 1.68. The first kappa shape index (κ1) is 20.6. The van der Waals surface area contributed by atoms with Crippen LogP contribution in [-0.4, -0.2) is 36.2 Å². The summed E-state index contributed by atoms with van der Waals surface area (Å²) < 4.78 is 5.56. The van der Waals surface area contributed by atoms with Gasteiger partial charge in [-0.1, -0.05) is 84.9 Å². The van der Waals surface area contributed by atoms with Crippen LogP contribution in [0.5, 0.6) is 0 Å². The molecule has 2 aliphatic heterocycles. The van der Waals surface area contributed by atoms with Crippen LogP contribution < -0.4 is 4.90 Å². The van der Waals surface area contributed by atoms with Crippen molar-refractivity contribution in [2.45, 2.75) is 24.9 Å². The van der Waals surface area contributed by atoms with Crippen molar-refractivity contribution in [2.24, 2.45) is 5.41 Å². The zero-order chi connectivity index (χ0) is 23.4. The summed E-state index contributed by atoms with van der Waals surface area (Å²) in [5.41, 5.74) is 1.91. The zero-order valence-corrected chi connectivity index (χ0v) is 18.7. The summed E-state index contributed by atoms with van der Waals surface area (Å²) in [6.07, 6.45) is 3.87. The molecule has 5 heteroatoms. The van der Waals surface area contributed by atoms with Crippen molar-refractivity contribution < 1.29 is 19.1 Å². The van der Waals surface area contributed by atoms with E-state index < -0.39 is 29.4 Å². The van der Waals surface area contributed by atoms with E-state index in [0.717, 1.165) is 16.8 Å². The third kappa shape index (κ3) is 2.52. The van der Waals surface area contributed by atoms with Crippen LogP contribution in [0.25, 0.3) is 6.08 Å². The Hall–Kier alpha value is -3.99. The summed E-state index contributed by atoms with van der Waals surface area (Å²) in [6, 6.07) is 22.7. The lowest BCUT2D eigenvalue weighted by Crippen LogP contribution is -2.48. The minimum atomic E-state index is -1.47. The van der Waals surface area contributed by atoms with E-state index in [1.54, 1.807) is 31.2 Å². The van der Waals surface area contributed by atoms with Crippen LogP contribution in [-0.2, 0) is 9.53 Å². The first-order chi connectivity index (χ1) is 16.6. The number of nitrogens with zero attached hydrogens (tertiary/aromatic N) is 1. The molecule has 0 radical (unpaired) electrons. The maximum Gasteiger partial charge on any atom is 0.329 e. The lowest BCUT2D eigenvalue weighted by molar-refractivity contribution is -0.145. The smallest absolute Gasteiger partial charge is 0.329 e. The first-order valence-electron chi connectivity index (χ1n) is 11.6. The van der Waals surface area contributed by atoms with E-state index in [2.05, 4.69) is 0 Å². The monoisotopic (exact) mass is 449 g/mol. The van der Waals surface area contributed by atoms with E-state index in [0.29, 0.717) is 11.1 Å². The molecule has 6 rings (SSSR count). The van der Waals surface area contributed by atoms with Crippen molar-refractivity contribution in [2.75, 3.05) is 11.5 Å². The number of ether oxygens (including phenoxy) is 1. The molecule has 0 saturated carbocycles. The first-order valence-corrected chi connectivity index (χ1v) is 11.6. The molecule has 1 spiro atoms. The predicted molar refractivity (Wildman–Crippen MR) is 129 cm³/mol. The topological polar surface area (TPSA) is 63.7 Å². The molecular weight excluding hydrogens is 426 g/mol. The fraction of sp³-hybridized carbons (Fsp3) is 0.207. The Morgan fingerprint density at radius 3 is 2.18 bits per heavy atom. The van der Waals surface area contributed by atoms with Gasteiger partial charge in [0.05, 0.1) is 12.6 Å². The number of fused-ring (bicyclic) bond motifs is 5. The molecule has 1 saturated heterocycles. The Kier molecular flexibility index (Phi) is 4.56. The predicted octanol–water partition coefficient (Wildman–Crippen LogP) is 4.68. The number of Topliss-reactive ketones (excluding diaryl/α,β-unsaturated/α-hetero) is 2. The van der Waals surface area contributed by atoms with Crippen LogP contribution in [0.2, 0.25) is 0 Å². The minimum absolute atomic E-state index is 0.210. The van der Waals surface area contributed by atoms with E-state index >= 15 is 0 Å². The second-order valence-electron chi connectivity index (χ2n) is 8.93. The number of hydrogen-bond donors (Lipinski definition) is 0. The molecule has 0 bridgehead atoms. The van der Waals surface area contributed by atoms with E-state index in [9.17, 15) is 14.4 Å². The van der Waals surface area contributed by atoms with Gasteiger partial charge in [0, 0.05) is 22.7 Å². The molecule has 3 aliphatic rings. The van der Waals surface area contributed by atoms with Gasteiger partial charge in [-0.2, -0.15) is 0 Å². The molecule has 2 heterocycles. The van der Waals surface area contributed by atoms with Crippen molar-refractivity contribution >= 4 is 29.3 Å². The minimum Gasteiger partial charge on any atom is -0.464 e. The van der Waals surface area contributed by atoms with Gasteiger partial charge in [-0.25, -0.2) is 4.79 Å². The molecule has 3 atom stereocenters. The summed E-state index contributed by atoms with van der Waals surface area (Å²) in [5, 5.41) is 0. The lowest BCUT2D eigenvalue weighted by atomic mass is 9.65. The van der Waals surface area contributed by atoms with E-state index in [4.69, 9.17) is 4.74 Å². The Bertz CT molecular complexity index is 1320. The number of rotatable bonds is 3. The maximum atomic E-state index is 14.3. The highest BCUT2D eigenvalue weighted by atomic mass is 16.5. The molecule has 0 aromatic heterocycles. The van der Waals surface area contributed by atoms with Gasteiger partial charge in [0.2, 0.25) is 0 Å². The fourth-order valence-corrected chi connectivity index (χ4v) is 6.15. The zero-order valence-electron chi connectivity index (χ0n) is 18.7. The fourth-order valence-electron chi connectivity index (χ4n) is 6.15. The van der Waals surface area contributed by atoms with Gasteiger partial charge in [-0.3, -0.25) is 9.59 Å². The molecule has 0 amide bonds. The highest BCUT2D eigenvalue weighted by Crippen LogP contribution is 2.60. The normalized spacial score (nSPS) is 23.6. The second-order valence-corrected chi connectivity index (χ2v) is 8.93. The van der Waals surface area contributed by atoms with Crippen LogP contribution in [0.3, 0.4) is 0 Å².